The Morgan fingerprint density at radius 3 is 2.26 bits per heavy atom. The molecule has 3 unspecified atom stereocenters. The highest BCUT2D eigenvalue weighted by atomic mass is 32.2. The number of aromatic nitrogens is 1. The van der Waals surface area contributed by atoms with Crippen LogP contribution in [0.3, 0.4) is 0 Å². The number of nitrogen functional groups attached to an aromatic ring is 1. The third kappa shape index (κ3) is 11.4. The first-order valence-corrected chi connectivity index (χ1v) is 17.6. The largest absolute Gasteiger partial charge is 0.399 e. The molecule has 5 N–H and O–H groups in total. The van der Waals surface area contributed by atoms with E-state index in [2.05, 4.69) is 34.2 Å². The van der Waals surface area contributed by atoms with Crippen molar-refractivity contribution in [1.29, 1.82) is 0 Å². The Morgan fingerprint density at radius 2 is 1.67 bits per heavy atom. The number of rotatable bonds is 15. The number of anilines is 1. The smallest absolute Gasteiger partial charge is 0.280 e. The molecule has 11 heteroatoms. The van der Waals surface area contributed by atoms with Crippen LogP contribution < -0.4 is 21.1 Å². The number of aryl methyl sites for hydroxylation is 1. The lowest BCUT2D eigenvalue weighted by molar-refractivity contribution is -0.137. The molecule has 0 saturated heterocycles. The lowest BCUT2D eigenvalue weighted by Crippen LogP contribution is -2.59. The molecule has 2 aromatic carbocycles. The van der Waals surface area contributed by atoms with E-state index in [1.807, 2.05) is 70.2 Å². The van der Waals surface area contributed by atoms with E-state index in [0.717, 1.165) is 21.9 Å². The number of hydrogen-bond donors (Lipinski definition) is 4. The number of carbonyl (C=O) groups is 3. The summed E-state index contributed by atoms with van der Waals surface area (Å²) in [5.41, 5.74) is 7.28. The molecule has 3 rings (SSSR count). The number of carbonyl (C=O) groups excluding carboxylic acids is 3. The fourth-order valence-corrected chi connectivity index (χ4v) is 6.22. The number of likely N-dealkylation sites (N-methyl/N-ethyl adjacent to an activating group) is 2. The van der Waals surface area contributed by atoms with Crippen LogP contribution in [0.5, 0.6) is 0 Å². The maximum Gasteiger partial charge on any atom is 0.280 e. The minimum absolute atomic E-state index is 0.0395. The zero-order valence-corrected chi connectivity index (χ0v) is 30.2. The van der Waals surface area contributed by atoms with E-state index in [-0.39, 0.29) is 23.6 Å². The Morgan fingerprint density at radius 1 is 1.04 bits per heavy atom. The van der Waals surface area contributed by atoms with Gasteiger partial charge in [0.1, 0.15) is 11.7 Å². The highest BCUT2D eigenvalue weighted by Gasteiger charge is 2.38. The molecule has 0 saturated carbocycles. The average molecular weight is 669 g/mol. The highest BCUT2D eigenvalue weighted by molar-refractivity contribution is 7.98. The van der Waals surface area contributed by atoms with Crippen LogP contribution in [0.2, 0.25) is 0 Å². The Kier molecular flexibility index (Phi) is 16.3. The molecule has 0 bridgehead atoms. The van der Waals surface area contributed by atoms with Crippen LogP contribution in [-0.2, 0) is 21.4 Å². The van der Waals surface area contributed by atoms with Crippen molar-refractivity contribution in [2.75, 3.05) is 26.4 Å². The van der Waals surface area contributed by atoms with E-state index in [9.17, 15) is 14.4 Å². The number of nitrogens with zero attached hydrogens (tertiary/aromatic N) is 2. The molecule has 0 radical (unpaired) electrons. The van der Waals surface area contributed by atoms with Crippen LogP contribution in [0.4, 0.5) is 5.69 Å². The molecule has 3 aromatic rings. The van der Waals surface area contributed by atoms with Crippen LogP contribution in [0.1, 0.15) is 81.9 Å². The van der Waals surface area contributed by atoms with E-state index in [0.29, 0.717) is 30.8 Å². The molecule has 1 heterocycles. The van der Waals surface area contributed by atoms with Crippen molar-refractivity contribution in [2.24, 2.45) is 5.92 Å². The minimum Gasteiger partial charge on any atom is -0.399 e. The lowest BCUT2D eigenvalue weighted by atomic mass is 9.77. The number of thiazole rings is 1. The molecule has 1 aromatic heterocycles. The molecule has 0 fully saturated rings. The summed E-state index contributed by atoms with van der Waals surface area (Å²) in [7, 11) is 3.54. The first kappa shape index (κ1) is 38.8. The fourth-order valence-electron chi connectivity index (χ4n) is 4.81. The predicted molar refractivity (Wildman–Crippen MR) is 192 cm³/mol. The van der Waals surface area contributed by atoms with Crippen molar-refractivity contribution in [3.8, 4) is 0 Å². The summed E-state index contributed by atoms with van der Waals surface area (Å²) >= 11 is 2.64. The normalized spacial score (nSPS) is 13.0. The SMILES string of the molecule is CCC.CCC(C)C(NC(=O)C(NC)C(C)(C)c1ccccc1)C(=O)N(C)CCCc1nc(C(=O)NSc2ccc(N)cc2)cs1. The first-order valence-electron chi connectivity index (χ1n) is 15.9. The summed E-state index contributed by atoms with van der Waals surface area (Å²) in [4.78, 5) is 46.7. The molecule has 0 aliphatic carbocycles. The summed E-state index contributed by atoms with van der Waals surface area (Å²) in [5, 5.41) is 8.82. The molecule has 3 amide bonds. The first-order chi connectivity index (χ1) is 21.9. The van der Waals surface area contributed by atoms with Gasteiger partial charge in [-0.2, -0.15) is 0 Å². The summed E-state index contributed by atoms with van der Waals surface area (Å²) in [5.74, 6) is -0.623. The van der Waals surface area contributed by atoms with Crippen molar-refractivity contribution in [2.45, 2.75) is 89.6 Å². The van der Waals surface area contributed by atoms with Gasteiger partial charge in [-0.05, 0) is 61.2 Å². The third-order valence-electron chi connectivity index (χ3n) is 7.75. The van der Waals surface area contributed by atoms with Gasteiger partial charge in [-0.15, -0.1) is 11.3 Å². The van der Waals surface area contributed by atoms with Crippen molar-refractivity contribution >= 4 is 46.7 Å². The number of nitrogens with two attached hydrogens (primary N) is 1. The predicted octanol–water partition coefficient (Wildman–Crippen LogP) is 6.07. The lowest BCUT2D eigenvalue weighted by Gasteiger charge is -2.36. The second-order valence-electron chi connectivity index (χ2n) is 12.0. The Balaban J connectivity index is 0.00000236. The standard InChI is InChI=1S/C32H44N6O3S2.C3H8/c1-7-21(2)27(36-30(40)28(34-5)32(3,4)22-12-9-8-10-13-22)31(41)38(6)19-11-14-26-35-25(20-42-26)29(39)37-43-24-17-15-23(33)16-18-24;1-3-2/h8-10,12-13,15-18,20-21,27-28,34H,7,11,14,19,33H2,1-6H3,(H,36,40)(H,37,39);3H2,1-2H3. The van der Waals surface area contributed by atoms with Crippen LogP contribution >= 0.6 is 23.3 Å². The van der Waals surface area contributed by atoms with Crippen LogP contribution in [-0.4, -0.2) is 60.3 Å². The van der Waals surface area contributed by atoms with Gasteiger partial charge in [0.15, 0.2) is 0 Å². The number of benzene rings is 2. The summed E-state index contributed by atoms with van der Waals surface area (Å²) < 4.78 is 2.80. The van der Waals surface area contributed by atoms with Crippen LogP contribution in [0, 0.1) is 5.92 Å². The van der Waals surface area contributed by atoms with Gasteiger partial charge >= 0.3 is 0 Å². The Bertz CT molecular complexity index is 1360. The molecule has 9 nitrogen and oxygen atoms in total. The highest BCUT2D eigenvalue weighted by Crippen LogP contribution is 2.27. The third-order valence-corrected chi connectivity index (χ3v) is 9.46. The Labute approximate surface area is 283 Å². The molecule has 0 spiro atoms. The molecule has 0 aliphatic heterocycles. The maximum absolute atomic E-state index is 13.6. The minimum atomic E-state index is -0.640. The van der Waals surface area contributed by atoms with Crippen molar-refractivity contribution in [3.63, 3.8) is 0 Å². The monoisotopic (exact) mass is 668 g/mol. The zero-order valence-electron chi connectivity index (χ0n) is 28.6. The molecule has 0 aliphatic rings. The van der Waals surface area contributed by atoms with Gasteiger partial charge in [0, 0.05) is 41.4 Å². The number of amides is 3. The van der Waals surface area contributed by atoms with Gasteiger partial charge in [-0.25, -0.2) is 4.98 Å². The zero-order chi connectivity index (χ0) is 34.3. The van der Waals surface area contributed by atoms with E-state index < -0.39 is 17.5 Å². The molecular weight excluding hydrogens is 617 g/mol. The molecular formula is C35H52N6O3S2. The van der Waals surface area contributed by atoms with Crippen molar-refractivity contribution in [1.82, 2.24) is 25.2 Å². The van der Waals surface area contributed by atoms with Gasteiger partial charge in [0.25, 0.3) is 5.91 Å². The van der Waals surface area contributed by atoms with Gasteiger partial charge < -0.3 is 21.3 Å². The molecule has 46 heavy (non-hydrogen) atoms. The van der Waals surface area contributed by atoms with Crippen LogP contribution in [0.15, 0.2) is 64.9 Å². The van der Waals surface area contributed by atoms with E-state index in [1.54, 1.807) is 36.5 Å². The molecule has 3 atom stereocenters. The van der Waals surface area contributed by atoms with E-state index in [4.69, 9.17) is 5.73 Å². The van der Waals surface area contributed by atoms with E-state index in [1.165, 1.54) is 29.7 Å². The topological polar surface area (TPSA) is 129 Å². The maximum atomic E-state index is 13.6. The van der Waals surface area contributed by atoms with Gasteiger partial charge in [-0.3, -0.25) is 19.1 Å². The fraction of sp³-hybridized carbons (Fsp3) is 0.486. The molecule has 252 valence electrons. The Hall–Kier alpha value is -3.41. The average Bonchev–Trinajstić information content (AvgIpc) is 3.52. The van der Waals surface area contributed by atoms with Crippen LogP contribution in [0.25, 0.3) is 0 Å². The number of hydrogen-bond acceptors (Lipinski definition) is 8. The van der Waals surface area contributed by atoms with Gasteiger partial charge in [0.05, 0.1) is 11.0 Å². The summed E-state index contributed by atoms with van der Waals surface area (Å²) in [6, 6.07) is 16.0. The van der Waals surface area contributed by atoms with Gasteiger partial charge in [0.2, 0.25) is 11.8 Å². The van der Waals surface area contributed by atoms with Gasteiger partial charge in [-0.1, -0.05) is 84.7 Å². The summed E-state index contributed by atoms with van der Waals surface area (Å²) in [6.07, 6.45) is 3.31. The van der Waals surface area contributed by atoms with Crippen molar-refractivity contribution < 1.29 is 14.4 Å². The number of nitrogens with one attached hydrogen (secondary N) is 3. The second-order valence-corrected chi connectivity index (χ2v) is 13.8. The second kappa shape index (κ2) is 19.3. The quantitative estimate of drug-likeness (QED) is 0.114. The van der Waals surface area contributed by atoms with E-state index >= 15 is 0 Å². The summed E-state index contributed by atoms with van der Waals surface area (Å²) in [6.45, 7) is 12.8. The van der Waals surface area contributed by atoms with Crippen molar-refractivity contribution in [3.05, 3.63) is 76.2 Å².